The quantitative estimate of drug-likeness (QED) is 0.501. The number of phosphoric acid groups is 1. The van der Waals surface area contributed by atoms with E-state index < -0.39 is 31.5 Å². The maximum Gasteiger partial charge on any atom is 0.524 e. The number of carbonyl (C=O) groups excluding carboxylic acids is 1. The van der Waals surface area contributed by atoms with Crippen molar-refractivity contribution in [3.8, 4) is 5.75 Å². The number of hydrogen-bond donors (Lipinski definition) is 2. The van der Waals surface area contributed by atoms with Gasteiger partial charge in [0.05, 0.1) is 6.61 Å². The zero-order chi connectivity index (χ0) is 16.7. The molecule has 0 spiro atoms. The highest BCUT2D eigenvalue weighted by molar-refractivity contribution is 7.46. The van der Waals surface area contributed by atoms with E-state index in [4.69, 9.17) is 9.79 Å². The zero-order valence-electron chi connectivity index (χ0n) is 10.5. The van der Waals surface area contributed by atoms with E-state index in [0.29, 0.717) is 0 Å². The van der Waals surface area contributed by atoms with Crippen molar-refractivity contribution < 1.29 is 46.0 Å². The second-order valence-corrected chi connectivity index (χ2v) is 4.39. The lowest BCUT2D eigenvalue weighted by molar-refractivity contribution is -0.199. The molecule has 120 valence electrons. The number of alkyl halides is 3. The van der Waals surface area contributed by atoms with E-state index in [1.165, 1.54) is 19.1 Å². The fourth-order valence-corrected chi connectivity index (χ4v) is 1.26. The van der Waals surface area contributed by atoms with Gasteiger partial charge in [-0.3, -0.25) is 9.79 Å². The Kier molecular flexibility index (Phi) is 7.34. The second kappa shape index (κ2) is 7.96. The minimum atomic E-state index is -4.85. The van der Waals surface area contributed by atoms with Crippen LogP contribution in [-0.2, 0) is 14.1 Å². The van der Waals surface area contributed by atoms with Crippen molar-refractivity contribution in [1.29, 1.82) is 0 Å². The molecule has 1 aromatic carbocycles. The van der Waals surface area contributed by atoms with Crippen molar-refractivity contribution in [1.82, 2.24) is 0 Å². The van der Waals surface area contributed by atoms with Crippen LogP contribution in [0, 0.1) is 5.82 Å². The van der Waals surface area contributed by atoms with Crippen molar-refractivity contribution in [2.45, 2.75) is 13.1 Å². The molecule has 1 aromatic rings. The van der Waals surface area contributed by atoms with E-state index in [9.17, 15) is 26.9 Å². The lowest BCUT2D eigenvalue weighted by Gasteiger charge is -2.06. The van der Waals surface area contributed by atoms with Gasteiger partial charge < -0.3 is 9.26 Å². The van der Waals surface area contributed by atoms with Gasteiger partial charge in [0.2, 0.25) is 0 Å². The summed E-state index contributed by atoms with van der Waals surface area (Å²) >= 11 is 0. The van der Waals surface area contributed by atoms with Crippen molar-refractivity contribution in [2.24, 2.45) is 0 Å². The van der Waals surface area contributed by atoms with Crippen LogP contribution in [0.2, 0.25) is 0 Å². The Bertz CT molecular complexity index is 513. The van der Waals surface area contributed by atoms with Crippen molar-refractivity contribution >= 4 is 13.8 Å². The van der Waals surface area contributed by atoms with Crippen LogP contribution in [0.5, 0.6) is 5.75 Å². The first-order valence-electron chi connectivity index (χ1n) is 5.21. The largest absolute Gasteiger partial charge is 0.524 e. The summed E-state index contributed by atoms with van der Waals surface area (Å²) in [7, 11) is -4.65. The molecule has 0 heterocycles. The minimum Gasteiger partial charge on any atom is -0.459 e. The second-order valence-electron chi connectivity index (χ2n) is 3.23. The number of para-hydroxylation sites is 1. The predicted octanol–water partition coefficient (Wildman–Crippen LogP) is 2.41. The van der Waals surface area contributed by atoms with E-state index in [2.05, 4.69) is 9.26 Å². The van der Waals surface area contributed by atoms with Gasteiger partial charge in [-0.2, -0.15) is 13.2 Å². The maximum atomic E-state index is 12.7. The standard InChI is InChI=1S/C6H6FO4P.C4H5F3O2/c7-5-3-1-2-4-6(5)11-12(8,9)10;1-2-9-3(8)4(5,6)7/h1-4H,(H2,8,9,10);2H2,1H3. The van der Waals surface area contributed by atoms with Crippen LogP contribution in [0.25, 0.3) is 0 Å². The molecule has 0 aliphatic carbocycles. The van der Waals surface area contributed by atoms with Gasteiger partial charge in [-0.15, -0.1) is 0 Å². The first-order chi connectivity index (χ1) is 9.47. The number of rotatable bonds is 3. The van der Waals surface area contributed by atoms with E-state index in [-0.39, 0.29) is 6.61 Å². The summed E-state index contributed by atoms with van der Waals surface area (Å²) in [5, 5.41) is 0. The third-order valence-electron chi connectivity index (χ3n) is 1.56. The third kappa shape index (κ3) is 9.01. The highest BCUT2D eigenvalue weighted by Crippen LogP contribution is 2.38. The molecule has 0 aromatic heterocycles. The van der Waals surface area contributed by atoms with Crippen molar-refractivity contribution in [2.75, 3.05) is 6.61 Å². The highest BCUT2D eigenvalue weighted by Gasteiger charge is 2.40. The average Bonchev–Trinajstić information content (AvgIpc) is 2.30. The molecule has 0 fully saturated rings. The van der Waals surface area contributed by atoms with E-state index >= 15 is 0 Å². The van der Waals surface area contributed by atoms with E-state index in [1.807, 2.05) is 0 Å². The number of esters is 1. The molecule has 0 amide bonds. The van der Waals surface area contributed by atoms with Crippen LogP contribution >= 0.6 is 7.82 Å². The maximum absolute atomic E-state index is 12.7. The van der Waals surface area contributed by atoms with Crippen LogP contribution in [0.15, 0.2) is 24.3 Å². The Hall–Kier alpha value is -1.64. The van der Waals surface area contributed by atoms with Crippen molar-refractivity contribution in [3.63, 3.8) is 0 Å². The van der Waals surface area contributed by atoms with Gasteiger partial charge in [0.15, 0.2) is 11.6 Å². The van der Waals surface area contributed by atoms with Crippen LogP contribution in [0.1, 0.15) is 6.92 Å². The van der Waals surface area contributed by atoms with Gasteiger partial charge in [-0.25, -0.2) is 13.8 Å². The Balaban J connectivity index is 0.000000400. The lowest BCUT2D eigenvalue weighted by Crippen LogP contribution is -2.25. The van der Waals surface area contributed by atoms with Gasteiger partial charge in [0.1, 0.15) is 0 Å². The molecule has 0 aliphatic heterocycles. The molecule has 0 bridgehead atoms. The predicted molar refractivity (Wildman–Crippen MR) is 61.8 cm³/mol. The zero-order valence-corrected chi connectivity index (χ0v) is 11.4. The molecule has 11 heteroatoms. The number of ether oxygens (including phenoxy) is 1. The molecule has 0 radical (unpaired) electrons. The molecule has 0 aliphatic rings. The first kappa shape index (κ1) is 19.4. The smallest absolute Gasteiger partial charge is 0.459 e. The van der Waals surface area contributed by atoms with Crippen molar-refractivity contribution in [3.05, 3.63) is 30.1 Å². The fourth-order valence-electron chi connectivity index (χ4n) is 0.860. The summed E-state index contributed by atoms with van der Waals surface area (Å²) < 4.78 is 64.1. The minimum absolute atomic E-state index is 0.252. The summed E-state index contributed by atoms with van der Waals surface area (Å²) in [6.45, 7) is 1.06. The van der Waals surface area contributed by atoms with Gasteiger partial charge >= 0.3 is 20.0 Å². The summed E-state index contributed by atoms with van der Waals surface area (Å²) in [5.74, 6) is -3.39. The normalized spacial score (nSPS) is 11.2. The number of benzene rings is 1. The van der Waals surface area contributed by atoms with Crippen LogP contribution in [0.3, 0.4) is 0 Å². The molecule has 6 nitrogen and oxygen atoms in total. The monoisotopic (exact) mass is 334 g/mol. The summed E-state index contributed by atoms with van der Waals surface area (Å²) in [6.07, 6.45) is -4.85. The number of phosphoric ester groups is 1. The molecule has 2 N–H and O–H groups in total. The Morgan fingerprint density at radius 3 is 2.14 bits per heavy atom. The molecule has 0 unspecified atom stereocenters. The number of carbonyl (C=O) groups is 1. The first-order valence-corrected chi connectivity index (χ1v) is 6.74. The Morgan fingerprint density at radius 2 is 1.81 bits per heavy atom. The third-order valence-corrected chi connectivity index (χ3v) is 2.00. The van der Waals surface area contributed by atoms with Gasteiger partial charge in [-0.1, -0.05) is 12.1 Å². The highest BCUT2D eigenvalue weighted by atomic mass is 31.2. The van der Waals surface area contributed by atoms with E-state index in [1.54, 1.807) is 0 Å². The molecule has 0 saturated heterocycles. The summed E-state index contributed by atoms with van der Waals surface area (Å²) in [6, 6.07) is 4.98. The number of hydrogen-bond acceptors (Lipinski definition) is 4. The molecule has 0 atom stereocenters. The number of halogens is 4. The lowest BCUT2D eigenvalue weighted by atomic mass is 10.3. The fraction of sp³-hybridized carbons (Fsp3) is 0.300. The molecule has 0 saturated carbocycles. The average molecular weight is 334 g/mol. The summed E-state index contributed by atoms with van der Waals surface area (Å²) in [4.78, 5) is 26.4. The van der Waals surface area contributed by atoms with Gasteiger partial charge in [-0.05, 0) is 19.1 Å². The van der Waals surface area contributed by atoms with E-state index in [0.717, 1.165) is 12.1 Å². The van der Waals surface area contributed by atoms with Crippen LogP contribution in [-0.4, -0.2) is 28.5 Å². The molecular formula is C10H11F4O6P. The van der Waals surface area contributed by atoms with Gasteiger partial charge in [0.25, 0.3) is 0 Å². The Labute approximate surface area is 116 Å². The van der Waals surface area contributed by atoms with Gasteiger partial charge in [0, 0.05) is 0 Å². The van der Waals surface area contributed by atoms with Crippen LogP contribution in [0.4, 0.5) is 17.6 Å². The summed E-state index contributed by atoms with van der Waals surface area (Å²) in [5.41, 5.74) is 0. The SMILES string of the molecule is CCOC(=O)C(F)(F)F.O=P(O)(O)Oc1ccccc1F. The molecule has 21 heavy (non-hydrogen) atoms. The molecular weight excluding hydrogens is 323 g/mol. The molecule has 1 rings (SSSR count). The van der Waals surface area contributed by atoms with Crippen LogP contribution < -0.4 is 4.52 Å². The Morgan fingerprint density at radius 1 is 1.29 bits per heavy atom. The topological polar surface area (TPSA) is 93.1 Å².